The van der Waals surface area contributed by atoms with Crippen molar-refractivity contribution in [3.63, 3.8) is 0 Å². The van der Waals surface area contributed by atoms with Crippen LogP contribution in [0.1, 0.15) is 38.2 Å². The largest absolute Gasteiger partial charge is 0.389 e. The number of aliphatic hydroxyl groups is 1. The Morgan fingerprint density at radius 3 is 2.79 bits per heavy atom. The minimum absolute atomic E-state index is 0.203. The Morgan fingerprint density at radius 1 is 1.26 bits per heavy atom. The van der Waals surface area contributed by atoms with Gasteiger partial charge in [-0.3, -0.25) is 0 Å². The zero-order chi connectivity index (χ0) is 13.7. The van der Waals surface area contributed by atoms with E-state index in [9.17, 15) is 9.50 Å². The number of hydrogen-bond donors (Lipinski definition) is 1. The normalized spacial score (nSPS) is 25.2. The van der Waals surface area contributed by atoms with Crippen molar-refractivity contribution in [2.75, 3.05) is 19.6 Å². The van der Waals surface area contributed by atoms with Crippen LogP contribution in [-0.4, -0.2) is 35.2 Å². The van der Waals surface area contributed by atoms with Crippen molar-refractivity contribution in [3.8, 4) is 0 Å². The SMILES string of the molecule is CCCN1CCCC(O)(Cc2ccccc2F)CC1. The first-order valence-corrected chi connectivity index (χ1v) is 7.31. The predicted octanol–water partition coefficient (Wildman–Crippen LogP) is 3.00. The first kappa shape index (κ1) is 14.5. The van der Waals surface area contributed by atoms with Gasteiger partial charge in [-0.05, 0) is 50.4 Å². The van der Waals surface area contributed by atoms with Crippen LogP contribution in [0.25, 0.3) is 0 Å². The van der Waals surface area contributed by atoms with Gasteiger partial charge in [0.2, 0.25) is 0 Å². The highest BCUT2D eigenvalue weighted by Gasteiger charge is 2.30. The van der Waals surface area contributed by atoms with Crippen LogP contribution in [0.4, 0.5) is 4.39 Å². The van der Waals surface area contributed by atoms with Gasteiger partial charge in [-0.1, -0.05) is 25.1 Å². The van der Waals surface area contributed by atoms with Crippen molar-refractivity contribution in [3.05, 3.63) is 35.6 Å². The fourth-order valence-electron chi connectivity index (χ4n) is 2.95. The van der Waals surface area contributed by atoms with E-state index in [4.69, 9.17) is 0 Å². The Hall–Kier alpha value is -0.930. The smallest absolute Gasteiger partial charge is 0.126 e. The Morgan fingerprint density at radius 2 is 2.05 bits per heavy atom. The van der Waals surface area contributed by atoms with Gasteiger partial charge in [0.05, 0.1) is 5.60 Å². The van der Waals surface area contributed by atoms with Gasteiger partial charge in [-0.15, -0.1) is 0 Å². The highest BCUT2D eigenvalue weighted by molar-refractivity contribution is 5.19. The molecule has 1 aliphatic rings. The third kappa shape index (κ3) is 4.02. The minimum atomic E-state index is -0.745. The first-order valence-electron chi connectivity index (χ1n) is 7.31. The molecule has 0 saturated carbocycles. The molecule has 1 aliphatic heterocycles. The second-order valence-corrected chi connectivity index (χ2v) is 5.69. The highest BCUT2D eigenvalue weighted by Crippen LogP contribution is 2.27. The number of rotatable bonds is 4. The lowest BCUT2D eigenvalue weighted by molar-refractivity contribution is 0.0249. The molecule has 0 aromatic heterocycles. The Labute approximate surface area is 115 Å². The van der Waals surface area contributed by atoms with E-state index in [0.29, 0.717) is 12.0 Å². The Kier molecular flexibility index (Phi) is 4.94. The van der Waals surface area contributed by atoms with Crippen LogP contribution < -0.4 is 0 Å². The van der Waals surface area contributed by atoms with Gasteiger partial charge < -0.3 is 10.0 Å². The van der Waals surface area contributed by atoms with Gasteiger partial charge in [0.25, 0.3) is 0 Å². The van der Waals surface area contributed by atoms with Gasteiger partial charge in [-0.2, -0.15) is 0 Å². The van der Waals surface area contributed by atoms with E-state index < -0.39 is 5.60 Å². The molecule has 1 unspecified atom stereocenters. The summed E-state index contributed by atoms with van der Waals surface area (Å²) in [4.78, 5) is 2.40. The summed E-state index contributed by atoms with van der Waals surface area (Å²) in [5.74, 6) is -0.203. The van der Waals surface area contributed by atoms with Crippen LogP contribution in [0.15, 0.2) is 24.3 Å². The molecule has 2 nitrogen and oxygen atoms in total. The molecule has 0 radical (unpaired) electrons. The molecule has 1 aromatic rings. The second-order valence-electron chi connectivity index (χ2n) is 5.69. The molecule has 0 spiro atoms. The van der Waals surface area contributed by atoms with Crippen molar-refractivity contribution in [2.45, 2.75) is 44.6 Å². The number of likely N-dealkylation sites (tertiary alicyclic amines) is 1. The van der Waals surface area contributed by atoms with Crippen LogP contribution in [0.5, 0.6) is 0 Å². The molecule has 1 heterocycles. The third-order valence-corrected chi connectivity index (χ3v) is 4.03. The van der Waals surface area contributed by atoms with E-state index >= 15 is 0 Å². The van der Waals surface area contributed by atoms with Crippen LogP contribution in [0, 0.1) is 5.82 Å². The molecule has 1 saturated heterocycles. The van der Waals surface area contributed by atoms with Gasteiger partial charge in [-0.25, -0.2) is 4.39 Å². The summed E-state index contributed by atoms with van der Waals surface area (Å²) in [6.45, 7) is 5.23. The summed E-state index contributed by atoms with van der Waals surface area (Å²) in [7, 11) is 0. The highest BCUT2D eigenvalue weighted by atomic mass is 19.1. The molecule has 3 heteroatoms. The summed E-state index contributed by atoms with van der Waals surface area (Å²) in [6, 6.07) is 6.78. The maximum atomic E-state index is 13.7. The molecule has 106 valence electrons. The third-order valence-electron chi connectivity index (χ3n) is 4.03. The molecular formula is C16H24FNO. The number of hydrogen-bond acceptors (Lipinski definition) is 2. The van der Waals surface area contributed by atoms with E-state index in [1.165, 1.54) is 6.07 Å². The lowest BCUT2D eigenvalue weighted by Gasteiger charge is -2.27. The summed E-state index contributed by atoms with van der Waals surface area (Å²) in [5, 5.41) is 10.7. The van der Waals surface area contributed by atoms with Crippen molar-refractivity contribution in [2.24, 2.45) is 0 Å². The maximum absolute atomic E-state index is 13.7. The predicted molar refractivity (Wildman–Crippen MR) is 75.6 cm³/mol. The average Bonchev–Trinajstić information content (AvgIpc) is 2.56. The van der Waals surface area contributed by atoms with Gasteiger partial charge in [0.1, 0.15) is 5.82 Å². The fourth-order valence-corrected chi connectivity index (χ4v) is 2.95. The summed E-state index contributed by atoms with van der Waals surface area (Å²) >= 11 is 0. The Balaban J connectivity index is 2.01. The van der Waals surface area contributed by atoms with Crippen LogP contribution >= 0.6 is 0 Å². The summed E-state index contributed by atoms with van der Waals surface area (Å²) in [6.07, 6.45) is 4.07. The van der Waals surface area contributed by atoms with Crippen LogP contribution in [0.2, 0.25) is 0 Å². The zero-order valence-electron chi connectivity index (χ0n) is 11.7. The maximum Gasteiger partial charge on any atom is 0.126 e. The molecule has 1 atom stereocenters. The van der Waals surface area contributed by atoms with E-state index in [1.54, 1.807) is 12.1 Å². The van der Waals surface area contributed by atoms with E-state index in [2.05, 4.69) is 11.8 Å². The standard InChI is InChI=1S/C16H24FNO/c1-2-10-18-11-5-8-16(19,9-12-18)13-14-6-3-4-7-15(14)17/h3-4,6-7,19H,2,5,8-13H2,1H3. The van der Waals surface area contributed by atoms with E-state index in [0.717, 1.165) is 45.3 Å². The lowest BCUT2D eigenvalue weighted by Crippen LogP contribution is -2.34. The van der Waals surface area contributed by atoms with E-state index in [-0.39, 0.29) is 5.82 Å². The number of benzene rings is 1. The van der Waals surface area contributed by atoms with Crippen molar-refractivity contribution >= 4 is 0 Å². The van der Waals surface area contributed by atoms with Gasteiger partial charge >= 0.3 is 0 Å². The Bertz CT molecular complexity index is 409. The van der Waals surface area contributed by atoms with Gasteiger partial charge in [0.15, 0.2) is 0 Å². The molecule has 2 rings (SSSR count). The summed E-state index contributed by atoms with van der Waals surface area (Å²) in [5.41, 5.74) is -0.112. The molecule has 0 aliphatic carbocycles. The molecule has 1 aromatic carbocycles. The number of halogens is 1. The molecule has 19 heavy (non-hydrogen) atoms. The van der Waals surface area contributed by atoms with Crippen LogP contribution in [0.3, 0.4) is 0 Å². The average molecular weight is 265 g/mol. The topological polar surface area (TPSA) is 23.5 Å². The zero-order valence-corrected chi connectivity index (χ0v) is 11.7. The van der Waals surface area contributed by atoms with Crippen molar-refractivity contribution < 1.29 is 9.50 Å². The molecule has 1 N–H and O–H groups in total. The quantitative estimate of drug-likeness (QED) is 0.904. The summed E-state index contributed by atoms with van der Waals surface area (Å²) < 4.78 is 13.7. The molecular weight excluding hydrogens is 241 g/mol. The minimum Gasteiger partial charge on any atom is -0.389 e. The van der Waals surface area contributed by atoms with Crippen molar-refractivity contribution in [1.82, 2.24) is 4.90 Å². The first-order chi connectivity index (χ1) is 9.13. The van der Waals surface area contributed by atoms with E-state index in [1.807, 2.05) is 6.07 Å². The monoisotopic (exact) mass is 265 g/mol. The molecule has 1 fully saturated rings. The lowest BCUT2D eigenvalue weighted by atomic mass is 9.87. The fraction of sp³-hybridized carbons (Fsp3) is 0.625. The van der Waals surface area contributed by atoms with Crippen LogP contribution in [-0.2, 0) is 6.42 Å². The second kappa shape index (κ2) is 6.49. The molecule has 0 amide bonds. The van der Waals surface area contributed by atoms with Crippen molar-refractivity contribution in [1.29, 1.82) is 0 Å². The number of nitrogens with zero attached hydrogens (tertiary/aromatic N) is 1. The molecule has 0 bridgehead atoms. The van der Waals surface area contributed by atoms with Gasteiger partial charge in [0, 0.05) is 13.0 Å².